The molecule has 1 fully saturated rings. The first-order valence-corrected chi connectivity index (χ1v) is 6.48. The van der Waals surface area contributed by atoms with Crippen LogP contribution >= 0.6 is 0 Å². The molecule has 2 N–H and O–H groups in total. The zero-order valence-corrected chi connectivity index (χ0v) is 10.4. The molecule has 1 saturated heterocycles. The van der Waals surface area contributed by atoms with E-state index in [0.29, 0.717) is 12.1 Å². The Bertz CT molecular complexity index is 329. The van der Waals surface area contributed by atoms with Gasteiger partial charge in [0.05, 0.1) is 0 Å². The summed E-state index contributed by atoms with van der Waals surface area (Å²) in [5.41, 5.74) is 1.16. The lowest BCUT2D eigenvalue weighted by Crippen LogP contribution is -2.32. The van der Waals surface area contributed by atoms with Crippen LogP contribution in [0.3, 0.4) is 0 Å². The number of nitrogens with one attached hydrogen (secondary N) is 2. The Morgan fingerprint density at radius 3 is 2.76 bits per heavy atom. The summed E-state index contributed by atoms with van der Waals surface area (Å²) in [6, 6.07) is 7.65. The molecule has 1 aromatic carbocycles. The molecular formula is C14H21FN2. The Morgan fingerprint density at radius 1 is 1.24 bits per heavy atom. The Kier molecular flexibility index (Phi) is 4.51. The highest BCUT2D eigenvalue weighted by Crippen LogP contribution is 2.16. The summed E-state index contributed by atoms with van der Waals surface area (Å²) in [6.45, 7) is 4.36. The van der Waals surface area contributed by atoms with E-state index >= 15 is 0 Å². The molecule has 17 heavy (non-hydrogen) atoms. The molecule has 0 saturated carbocycles. The predicted molar refractivity (Wildman–Crippen MR) is 68.5 cm³/mol. The zero-order chi connectivity index (χ0) is 12.1. The monoisotopic (exact) mass is 236 g/mol. The van der Waals surface area contributed by atoms with Crippen LogP contribution in [-0.2, 0) is 0 Å². The Hall–Kier alpha value is -0.930. The van der Waals surface area contributed by atoms with Gasteiger partial charge in [0.1, 0.15) is 5.82 Å². The molecule has 2 atom stereocenters. The molecule has 1 aromatic rings. The second-order valence-electron chi connectivity index (χ2n) is 4.82. The van der Waals surface area contributed by atoms with Gasteiger partial charge in [-0.25, -0.2) is 4.39 Å². The first-order valence-electron chi connectivity index (χ1n) is 6.48. The second-order valence-corrected chi connectivity index (χ2v) is 4.82. The van der Waals surface area contributed by atoms with E-state index in [-0.39, 0.29) is 5.82 Å². The highest BCUT2D eigenvalue weighted by molar-refractivity contribution is 5.19. The SMILES string of the molecule is CC(NC1CCCNCC1)c1ccc(F)cc1. The van der Waals surface area contributed by atoms with Crippen molar-refractivity contribution in [2.24, 2.45) is 0 Å². The van der Waals surface area contributed by atoms with Gasteiger partial charge in [0.25, 0.3) is 0 Å². The van der Waals surface area contributed by atoms with Crippen molar-refractivity contribution in [3.63, 3.8) is 0 Å². The third-order valence-corrected chi connectivity index (χ3v) is 3.43. The van der Waals surface area contributed by atoms with Crippen molar-refractivity contribution in [1.29, 1.82) is 0 Å². The summed E-state index contributed by atoms with van der Waals surface area (Å²) in [4.78, 5) is 0. The minimum atomic E-state index is -0.167. The summed E-state index contributed by atoms with van der Waals surface area (Å²) >= 11 is 0. The van der Waals surface area contributed by atoms with Crippen LogP contribution in [0.5, 0.6) is 0 Å². The summed E-state index contributed by atoms with van der Waals surface area (Å²) < 4.78 is 12.8. The zero-order valence-electron chi connectivity index (χ0n) is 10.4. The molecule has 2 rings (SSSR count). The van der Waals surface area contributed by atoms with Crippen molar-refractivity contribution >= 4 is 0 Å². The smallest absolute Gasteiger partial charge is 0.123 e. The lowest BCUT2D eigenvalue weighted by atomic mass is 10.0. The van der Waals surface area contributed by atoms with Crippen LogP contribution in [0.15, 0.2) is 24.3 Å². The van der Waals surface area contributed by atoms with E-state index in [9.17, 15) is 4.39 Å². The molecule has 0 spiro atoms. The van der Waals surface area contributed by atoms with E-state index in [1.807, 2.05) is 12.1 Å². The van der Waals surface area contributed by atoms with E-state index < -0.39 is 0 Å². The van der Waals surface area contributed by atoms with E-state index in [0.717, 1.165) is 18.7 Å². The molecule has 1 aliphatic heterocycles. The topological polar surface area (TPSA) is 24.1 Å². The van der Waals surface area contributed by atoms with Gasteiger partial charge in [-0.2, -0.15) is 0 Å². The minimum absolute atomic E-state index is 0.167. The second kappa shape index (κ2) is 6.12. The van der Waals surface area contributed by atoms with E-state index in [1.54, 1.807) is 0 Å². The number of benzene rings is 1. The molecule has 2 unspecified atom stereocenters. The molecule has 0 bridgehead atoms. The molecule has 0 aliphatic carbocycles. The average molecular weight is 236 g/mol. The van der Waals surface area contributed by atoms with Crippen LogP contribution in [0.2, 0.25) is 0 Å². The van der Waals surface area contributed by atoms with Gasteiger partial charge in [0.15, 0.2) is 0 Å². The molecule has 2 nitrogen and oxygen atoms in total. The van der Waals surface area contributed by atoms with Crippen LogP contribution in [0.4, 0.5) is 4.39 Å². The summed E-state index contributed by atoms with van der Waals surface area (Å²) in [5.74, 6) is -0.167. The van der Waals surface area contributed by atoms with E-state index in [2.05, 4.69) is 17.6 Å². The number of hydrogen-bond donors (Lipinski definition) is 2. The minimum Gasteiger partial charge on any atom is -0.317 e. The molecule has 94 valence electrons. The molecule has 0 aromatic heterocycles. The fourth-order valence-corrected chi connectivity index (χ4v) is 2.39. The highest BCUT2D eigenvalue weighted by Gasteiger charge is 2.14. The number of rotatable bonds is 3. The van der Waals surface area contributed by atoms with Crippen molar-refractivity contribution in [3.8, 4) is 0 Å². The lowest BCUT2D eigenvalue weighted by Gasteiger charge is -2.22. The third-order valence-electron chi connectivity index (χ3n) is 3.43. The van der Waals surface area contributed by atoms with E-state index in [1.165, 1.54) is 31.4 Å². The first kappa shape index (κ1) is 12.5. The summed E-state index contributed by atoms with van der Waals surface area (Å²) in [5, 5.41) is 7.04. The third kappa shape index (κ3) is 3.79. The maximum Gasteiger partial charge on any atom is 0.123 e. The van der Waals surface area contributed by atoms with Crippen molar-refractivity contribution in [2.45, 2.75) is 38.3 Å². The standard InChI is InChI=1S/C14H21FN2/c1-11(12-4-6-13(15)7-5-12)17-14-3-2-9-16-10-8-14/h4-7,11,14,16-17H,2-3,8-10H2,1H3. The van der Waals surface area contributed by atoms with Gasteiger partial charge in [0.2, 0.25) is 0 Å². The highest BCUT2D eigenvalue weighted by atomic mass is 19.1. The van der Waals surface area contributed by atoms with E-state index in [4.69, 9.17) is 0 Å². The Balaban J connectivity index is 1.91. The molecule has 1 aliphatic rings. The van der Waals surface area contributed by atoms with Crippen molar-refractivity contribution < 1.29 is 4.39 Å². The van der Waals surface area contributed by atoms with Crippen molar-refractivity contribution in [3.05, 3.63) is 35.6 Å². The summed E-state index contributed by atoms with van der Waals surface area (Å²) in [7, 11) is 0. The first-order chi connectivity index (χ1) is 8.25. The Morgan fingerprint density at radius 2 is 2.00 bits per heavy atom. The molecular weight excluding hydrogens is 215 g/mol. The van der Waals surface area contributed by atoms with Crippen LogP contribution in [0, 0.1) is 5.82 Å². The largest absolute Gasteiger partial charge is 0.317 e. The molecule has 0 amide bonds. The fraction of sp³-hybridized carbons (Fsp3) is 0.571. The maximum atomic E-state index is 12.8. The molecule has 3 heteroatoms. The van der Waals surface area contributed by atoms with Gasteiger partial charge in [-0.3, -0.25) is 0 Å². The van der Waals surface area contributed by atoms with Crippen LogP contribution in [0.1, 0.15) is 37.8 Å². The van der Waals surface area contributed by atoms with Crippen molar-refractivity contribution in [2.75, 3.05) is 13.1 Å². The van der Waals surface area contributed by atoms with Gasteiger partial charge in [-0.05, 0) is 57.0 Å². The van der Waals surface area contributed by atoms with Gasteiger partial charge in [0, 0.05) is 12.1 Å². The Labute approximate surface area is 103 Å². The molecule has 1 heterocycles. The van der Waals surface area contributed by atoms with Gasteiger partial charge in [-0.15, -0.1) is 0 Å². The molecule has 0 radical (unpaired) electrons. The summed E-state index contributed by atoms with van der Waals surface area (Å²) in [6.07, 6.45) is 3.62. The fourth-order valence-electron chi connectivity index (χ4n) is 2.39. The van der Waals surface area contributed by atoms with Crippen LogP contribution in [0.25, 0.3) is 0 Å². The van der Waals surface area contributed by atoms with Crippen LogP contribution < -0.4 is 10.6 Å². The average Bonchev–Trinajstić information content (AvgIpc) is 2.58. The maximum absolute atomic E-state index is 12.8. The van der Waals surface area contributed by atoms with Gasteiger partial charge >= 0.3 is 0 Å². The van der Waals surface area contributed by atoms with Crippen LogP contribution in [-0.4, -0.2) is 19.1 Å². The predicted octanol–water partition coefficient (Wildman–Crippen LogP) is 2.62. The number of hydrogen-bond acceptors (Lipinski definition) is 2. The van der Waals surface area contributed by atoms with Crippen molar-refractivity contribution in [1.82, 2.24) is 10.6 Å². The van der Waals surface area contributed by atoms with Gasteiger partial charge < -0.3 is 10.6 Å². The lowest BCUT2D eigenvalue weighted by molar-refractivity contribution is 0.421. The van der Waals surface area contributed by atoms with Gasteiger partial charge in [-0.1, -0.05) is 12.1 Å². The number of halogens is 1. The normalized spacial score (nSPS) is 23.1. The quantitative estimate of drug-likeness (QED) is 0.843.